The number of para-hydroxylation sites is 4. The molecule has 0 atom stereocenters. The van der Waals surface area contributed by atoms with Gasteiger partial charge in [-0.1, -0.05) is 103 Å². The first-order valence-electron chi connectivity index (χ1n) is 17.8. The summed E-state index contributed by atoms with van der Waals surface area (Å²) in [6, 6.07) is 63.7. The number of hydrogen-bond donors (Lipinski definition) is 0. The van der Waals surface area contributed by atoms with Crippen LogP contribution in [-0.4, -0.2) is 9.13 Å². The van der Waals surface area contributed by atoms with Gasteiger partial charge in [0.2, 0.25) is 0 Å². The van der Waals surface area contributed by atoms with E-state index >= 15 is 0 Å². The van der Waals surface area contributed by atoms with Crippen LogP contribution >= 0.6 is 0 Å². The molecule has 1 aliphatic rings. The van der Waals surface area contributed by atoms with E-state index in [-0.39, 0.29) is 0 Å². The Bertz CT molecular complexity index is 2660. The van der Waals surface area contributed by atoms with E-state index in [9.17, 15) is 0 Å². The monoisotopic (exact) mass is 653 g/mol. The van der Waals surface area contributed by atoms with E-state index in [1.807, 2.05) is 0 Å². The van der Waals surface area contributed by atoms with Crippen molar-refractivity contribution < 1.29 is 0 Å². The van der Waals surface area contributed by atoms with Gasteiger partial charge >= 0.3 is 0 Å². The number of aromatic nitrogens is 2. The average Bonchev–Trinajstić information content (AvgIpc) is 3.72. The molecule has 0 fully saturated rings. The smallest absolute Gasteiger partial charge is 0.0541 e. The van der Waals surface area contributed by atoms with Crippen LogP contribution in [0.2, 0.25) is 0 Å². The molecule has 0 aliphatic heterocycles. The third-order valence-electron chi connectivity index (χ3n) is 10.4. The van der Waals surface area contributed by atoms with E-state index in [0.29, 0.717) is 0 Å². The fourth-order valence-electron chi connectivity index (χ4n) is 8.05. The molecule has 2 heterocycles. The first kappa shape index (κ1) is 29.3. The number of allylic oxidation sites excluding steroid dienone is 1. The Kier molecular flexibility index (Phi) is 6.95. The van der Waals surface area contributed by atoms with Gasteiger partial charge in [-0.2, -0.15) is 0 Å². The highest BCUT2D eigenvalue weighted by Gasteiger charge is 2.19. The molecule has 10 rings (SSSR count). The lowest BCUT2D eigenvalue weighted by Crippen LogP contribution is -2.10. The van der Waals surface area contributed by atoms with Crippen molar-refractivity contribution in [2.45, 2.75) is 12.8 Å². The minimum atomic E-state index is 1.08. The fourth-order valence-corrected chi connectivity index (χ4v) is 8.05. The molecule has 0 radical (unpaired) electrons. The van der Waals surface area contributed by atoms with Gasteiger partial charge in [-0.25, -0.2) is 0 Å². The Labute approximate surface area is 297 Å². The Morgan fingerprint density at radius 3 is 1.47 bits per heavy atom. The molecule has 7 aromatic carbocycles. The van der Waals surface area contributed by atoms with Gasteiger partial charge in [0, 0.05) is 50.3 Å². The van der Waals surface area contributed by atoms with Crippen LogP contribution in [-0.2, 0) is 6.42 Å². The molecule has 0 spiro atoms. The van der Waals surface area contributed by atoms with Crippen molar-refractivity contribution in [3.8, 4) is 22.5 Å². The lowest BCUT2D eigenvalue weighted by Gasteiger charge is -2.26. The first-order valence-corrected chi connectivity index (χ1v) is 17.8. The summed E-state index contributed by atoms with van der Waals surface area (Å²) < 4.78 is 4.78. The number of fused-ring (bicyclic) bond motifs is 6. The van der Waals surface area contributed by atoms with E-state index < -0.39 is 0 Å². The van der Waals surface area contributed by atoms with Crippen LogP contribution in [0.1, 0.15) is 17.7 Å². The highest BCUT2D eigenvalue weighted by atomic mass is 15.1. The molecule has 2 aromatic heterocycles. The van der Waals surface area contributed by atoms with E-state index in [1.165, 1.54) is 60.8 Å². The van der Waals surface area contributed by atoms with Crippen LogP contribution in [0.15, 0.2) is 182 Å². The van der Waals surface area contributed by atoms with Gasteiger partial charge in [-0.15, -0.1) is 0 Å². The molecular weight excluding hydrogens is 619 g/mol. The minimum Gasteiger partial charge on any atom is -0.311 e. The van der Waals surface area contributed by atoms with Gasteiger partial charge in [0.1, 0.15) is 0 Å². The van der Waals surface area contributed by atoms with E-state index in [0.717, 1.165) is 35.6 Å². The van der Waals surface area contributed by atoms with Crippen molar-refractivity contribution in [3.05, 3.63) is 193 Å². The number of hydrogen-bond acceptors (Lipinski definition) is 1. The normalized spacial score (nSPS) is 12.5. The second-order valence-corrected chi connectivity index (χ2v) is 13.3. The van der Waals surface area contributed by atoms with Crippen molar-refractivity contribution >= 4 is 55.8 Å². The maximum absolute atomic E-state index is 2.41. The molecule has 9 aromatic rings. The quantitative estimate of drug-likeness (QED) is 0.174. The fraction of sp³-hybridized carbons (Fsp3) is 0.0417. The van der Waals surface area contributed by atoms with Crippen LogP contribution in [0, 0.1) is 0 Å². The number of rotatable bonds is 6. The number of nitrogens with zero attached hydrogens (tertiary/aromatic N) is 3. The molecule has 0 saturated heterocycles. The Hall–Kier alpha value is -6.58. The number of aryl methyl sites for hydroxylation is 1. The molecule has 0 amide bonds. The van der Waals surface area contributed by atoms with Crippen molar-refractivity contribution in [2.24, 2.45) is 0 Å². The summed E-state index contributed by atoms with van der Waals surface area (Å²) in [6.07, 6.45) is 6.77. The summed E-state index contributed by atoms with van der Waals surface area (Å²) in [4.78, 5) is 2.34. The highest BCUT2D eigenvalue weighted by Crippen LogP contribution is 2.39. The molecule has 3 nitrogen and oxygen atoms in total. The van der Waals surface area contributed by atoms with Gasteiger partial charge in [0.15, 0.2) is 0 Å². The minimum absolute atomic E-state index is 1.08. The largest absolute Gasteiger partial charge is 0.311 e. The van der Waals surface area contributed by atoms with Crippen molar-refractivity contribution in [2.75, 3.05) is 4.90 Å². The summed E-state index contributed by atoms with van der Waals surface area (Å²) in [6.45, 7) is 0. The maximum atomic E-state index is 2.41. The highest BCUT2D eigenvalue weighted by molar-refractivity contribution is 6.09. The second kappa shape index (κ2) is 12.1. The summed E-state index contributed by atoms with van der Waals surface area (Å²) in [5, 5.41) is 3.91. The average molecular weight is 654 g/mol. The van der Waals surface area contributed by atoms with Gasteiger partial charge in [-0.3, -0.25) is 0 Å². The first-order chi connectivity index (χ1) is 25.3. The van der Waals surface area contributed by atoms with Crippen LogP contribution in [0.3, 0.4) is 0 Å². The Morgan fingerprint density at radius 1 is 0.392 bits per heavy atom. The summed E-state index contributed by atoms with van der Waals surface area (Å²) in [7, 11) is 0. The van der Waals surface area contributed by atoms with Crippen molar-refractivity contribution in [3.63, 3.8) is 0 Å². The van der Waals surface area contributed by atoms with E-state index in [1.54, 1.807) is 0 Å². The van der Waals surface area contributed by atoms with E-state index in [4.69, 9.17) is 0 Å². The Morgan fingerprint density at radius 2 is 0.843 bits per heavy atom. The van der Waals surface area contributed by atoms with Crippen molar-refractivity contribution in [1.29, 1.82) is 0 Å². The van der Waals surface area contributed by atoms with Gasteiger partial charge in [0.05, 0.1) is 16.6 Å². The topological polar surface area (TPSA) is 13.1 Å². The molecule has 0 N–H and O–H groups in total. The third kappa shape index (κ3) is 4.89. The second-order valence-electron chi connectivity index (χ2n) is 13.3. The molecule has 51 heavy (non-hydrogen) atoms. The maximum Gasteiger partial charge on any atom is 0.0541 e. The Balaban J connectivity index is 0.987. The van der Waals surface area contributed by atoms with E-state index in [2.05, 4.69) is 202 Å². The lowest BCUT2D eigenvalue weighted by molar-refractivity contribution is 0.967. The zero-order valence-corrected chi connectivity index (χ0v) is 28.2. The van der Waals surface area contributed by atoms with Crippen LogP contribution in [0.5, 0.6) is 0 Å². The summed E-state index contributed by atoms with van der Waals surface area (Å²) in [5.41, 5.74) is 14.5. The molecule has 0 unspecified atom stereocenters. The zero-order chi connectivity index (χ0) is 33.7. The molecule has 242 valence electrons. The van der Waals surface area contributed by atoms with Crippen molar-refractivity contribution in [1.82, 2.24) is 9.13 Å². The summed E-state index contributed by atoms with van der Waals surface area (Å²) >= 11 is 0. The molecule has 0 bridgehead atoms. The molecule has 3 heteroatoms. The molecule has 0 saturated carbocycles. The van der Waals surface area contributed by atoms with Gasteiger partial charge in [-0.05, 0) is 114 Å². The van der Waals surface area contributed by atoms with Crippen LogP contribution in [0.25, 0.3) is 61.3 Å². The molecule has 1 aliphatic carbocycles. The number of anilines is 3. The predicted octanol–water partition coefficient (Wildman–Crippen LogP) is 12.8. The third-order valence-corrected chi connectivity index (χ3v) is 10.4. The van der Waals surface area contributed by atoms with Crippen LogP contribution < -0.4 is 4.90 Å². The number of benzene rings is 7. The SMILES string of the molecule is C1=Cc2c(c3ccccc3n2-c2ccc(N(c3ccccc3)c3ccc(-c4ccc(-n5c6ccccc6c6ccccc65)cc4)cc3)cc2)CC1. The summed E-state index contributed by atoms with van der Waals surface area (Å²) in [5.74, 6) is 0. The van der Waals surface area contributed by atoms with Crippen LogP contribution in [0.4, 0.5) is 17.1 Å². The standard InChI is InChI=1S/C48H35N3/c1-2-12-36(13-3-1)49(38-30-32-40(33-31-38)51-47-20-10-6-16-43(47)44-17-7-11-21-48(44)51)37-26-22-34(23-27-37)35-24-28-39(29-25-35)50-45-18-8-4-14-41(45)42-15-5-9-19-46(42)50/h1-6,8-16,18-33H,7,17H2. The van der Waals surface area contributed by atoms with Gasteiger partial charge < -0.3 is 14.0 Å². The van der Waals surface area contributed by atoms with Gasteiger partial charge in [0.25, 0.3) is 0 Å². The lowest BCUT2D eigenvalue weighted by atomic mass is 10.0. The predicted molar refractivity (Wildman–Crippen MR) is 215 cm³/mol. The zero-order valence-electron chi connectivity index (χ0n) is 28.2. The molecular formula is C48H35N3.